The van der Waals surface area contributed by atoms with Crippen LogP contribution in [-0.2, 0) is 17.6 Å². The summed E-state index contributed by atoms with van der Waals surface area (Å²) in [6.07, 6.45) is 4.63. The number of likely N-dealkylation sites (tertiary alicyclic amines) is 1. The summed E-state index contributed by atoms with van der Waals surface area (Å²) < 4.78 is 0. The highest BCUT2D eigenvalue weighted by molar-refractivity contribution is 7.80. The predicted octanol–water partition coefficient (Wildman–Crippen LogP) is 6.76. The molecule has 0 atom stereocenters. The zero-order valence-corrected chi connectivity index (χ0v) is 23.9. The van der Waals surface area contributed by atoms with Gasteiger partial charge in [0.2, 0.25) is 11.9 Å². The minimum Gasteiger partial charge on any atom is -0.349 e. The second-order valence-electron chi connectivity index (χ2n) is 10.3. The van der Waals surface area contributed by atoms with Crippen molar-refractivity contribution in [1.29, 1.82) is 0 Å². The molecule has 2 aliphatic heterocycles. The molecule has 0 radical (unpaired) electrons. The summed E-state index contributed by atoms with van der Waals surface area (Å²) in [6, 6.07) is 24.0. The van der Waals surface area contributed by atoms with E-state index in [1.165, 1.54) is 5.56 Å². The first-order valence-corrected chi connectivity index (χ1v) is 14.5. The van der Waals surface area contributed by atoms with Crippen LogP contribution in [0.15, 0.2) is 79.0 Å². The van der Waals surface area contributed by atoms with E-state index >= 15 is 0 Å². The van der Waals surface area contributed by atoms with Crippen LogP contribution < -0.4 is 21.3 Å². The number of hydrogen-bond acceptors (Lipinski definition) is 6. The van der Waals surface area contributed by atoms with Crippen LogP contribution in [-0.4, -0.2) is 39.0 Å². The Morgan fingerprint density at radius 2 is 1.73 bits per heavy atom. The lowest BCUT2D eigenvalue weighted by molar-refractivity contribution is -0.120. The number of thiocarbonyl (C=S) groups is 1. The van der Waals surface area contributed by atoms with E-state index in [4.69, 9.17) is 23.8 Å². The van der Waals surface area contributed by atoms with Crippen molar-refractivity contribution in [3.8, 4) is 0 Å². The van der Waals surface area contributed by atoms with Crippen LogP contribution in [0, 0.1) is 5.92 Å². The van der Waals surface area contributed by atoms with Gasteiger partial charge in [-0.25, -0.2) is 4.98 Å². The molecule has 41 heavy (non-hydrogen) atoms. The third-order valence-corrected chi connectivity index (χ3v) is 8.05. The van der Waals surface area contributed by atoms with Gasteiger partial charge < -0.3 is 26.2 Å². The van der Waals surface area contributed by atoms with Crippen LogP contribution in [0.1, 0.15) is 24.0 Å². The van der Waals surface area contributed by atoms with Gasteiger partial charge >= 0.3 is 0 Å². The van der Waals surface area contributed by atoms with Crippen LogP contribution in [0.3, 0.4) is 0 Å². The fraction of sp³-hybridized carbons (Fsp3) is 0.226. The summed E-state index contributed by atoms with van der Waals surface area (Å²) in [4.78, 5) is 24.4. The van der Waals surface area contributed by atoms with Crippen molar-refractivity contribution < 1.29 is 4.79 Å². The average molecular weight is 584 g/mol. The number of halogens is 1. The number of para-hydroxylation sites is 1. The molecule has 0 saturated carbocycles. The topological polar surface area (TPSA) is 94.2 Å². The van der Waals surface area contributed by atoms with Gasteiger partial charge in [-0.1, -0.05) is 41.9 Å². The number of rotatable bonds is 3. The molecular formula is C31H30ClN7OS. The normalized spacial score (nSPS) is 14.8. The number of anilines is 6. The monoisotopic (exact) mass is 583 g/mol. The highest BCUT2D eigenvalue weighted by Crippen LogP contribution is 2.30. The first-order chi connectivity index (χ1) is 20.0. The molecule has 2 aliphatic rings. The lowest BCUT2D eigenvalue weighted by Gasteiger charge is -2.33. The molecule has 0 spiro atoms. The van der Waals surface area contributed by atoms with Crippen molar-refractivity contribution in [1.82, 2.24) is 14.9 Å². The molecule has 4 aromatic rings. The van der Waals surface area contributed by atoms with E-state index in [1.54, 1.807) is 6.20 Å². The van der Waals surface area contributed by atoms with E-state index in [-0.39, 0.29) is 11.8 Å². The van der Waals surface area contributed by atoms with Crippen LogP contribution in [0.4, 0.5) is 34.5 Å². The second-order valence-corrected chi connectivity index (χ2v) is 11.1. The lowest BCUT2D eigenvalue weighted by atomic mass is 9.95. The van der Waals surface area contributed by atoms with E-state index in [0.717, 1.165) is 67.1 Å². The number of benzene rings is 3. The molecule has 1 amide bonds. The van der Waals surface area contributed by atoms with Gasteiger partial charge in [-0.3, -0.25) is 4.79 Å². The zero-order chi connectivity index (χ0) is 28.2. The summed E-state index contributed by atoms with van der Waals surface area (Å²) in [5.74, 6) is 0.932. The molecule has 1 aromatic heterocycles. The molecule has 6 rings (SSSR count). The number of piperidine rings is 1. The van der Waals surface area contributed by atoms with Gasteiger partial charge in [0.1, 0.15) is 5.02 Å². The van der Waals surface area contributed by atoms with Crippen molar-refractivity contribution in [2.75, 3.05) is 34.4 Å². The molecule has 6 bridgehead atoms. The van der Waals surface area contributed by atoms with Gasteiger partial charge in [0.05, 0.1) is 6.20 Å². The van der Waals surface area contributed by atoms with Crippen molar-refractivity contribution in [2.45, 2.75) is 25.7 Å². The molecule has 1 fully saturated rings. The molecule has 4 N–H and O–H groups in total. The molecule has 0 unspecified atom stereocenters. The van der Waals surface area contributed by atoms with Gasteiger partial charge in [-0.05, 0) is 91.5 Å². The zero-order valence-electron chi connectivity index (χ0n) is 22.4. The minimum absolute atomic E-state index is 0.0427. The molecule has 0 aliphatic carbocycles. The third kappa shape index (κ3) is 6.58. The van der Waals surface area contributed by atoms with Crippen LogP contribution >= 0.6 is 23.8 Å². The van der Waals surface area contributed by atoms with Crippen LogP contribution in [0.2, 0.25) is 5.02 Å². The highest BCUT2D eigenvalue weighted by Gasteiger charge is 2.27. The van der Waals surface area contributed by atoms with E-state index in [9.17, 15) is 4.79 Å². The van der Waals surface area contributed by atoms with Crippen molar-refractivity contribution >= 4 is 69.4 Å². The van der Waals surface area contributed by atoms with Crippen LogP contribution in [0.25, 0.3) is 0 Å². The maximum Gasteiger partial charge on any atom is 0.229 e. The number of carbonyl (C=O) groups is 1. The number of fused-ring (bicyclic) bond motifs is 6. The summed E-state index contributed by atoms with van der Waals surface area (Å²) in [6.45, 7) is 1.47. The SMILES string of the molecule is O=C(Nc1ccc2cc1CCc1cccc(c1)Nc1ncc(Cl)c(n1)N2)C1CCN(C(=S)Nc2ccccc2)CC1. The van der Waals surface area contributed by atoms with Crippen molar-refractivity contribution in [3.05, 3.63) is 95.1 Å². The van der Waals surface area contributed by atoms with Gasteiger partial charge in [-0.15, -0.1) is 0 Å². The summed E-state index contributed by atoms with van der Waals surface area (Å²) in [7, 11) is 0. The number of nitrogens with zero attached hydrogens (tertiary/aromatic N) is 3. The number of amides is 1. The molecular weight excluding hydrogens is 554 g/mol. The Bertz CT molecular complexity index is 1570. The standard InChI is InChI=1S/C31H30ClN7OS/c32-26-19-33-30-35-24-8-4-5-20(17-24)9-10-22-18-25(34-28(26)38-30)11-12-27(22)37-29(40)21-13-15-39(16-14-21)31(41)36-23-6-2-1-3-7-23/h1-8,11-12,17-19,21H,9-10,13-16H2,(H,36,41)(H,37,40)(H2,33,34,35,38). The smallest absolute Gasteiger partial charge is 0.229 e. The molecule has 208 valence electrons. The molecule has 10 heteroatoms. The number of aryl methyl sites for hydroxylation is 2. The quantitative estimate of drug-likeness (QED) is 0.196. The minimum atomic E-state index is -0.0773. The first-order valence-electron chi connectivity index (χ1n) is 13.7. The predicted molar refractivity (Wildman–Crippen MR) is 169 cm³/mol. The summed E-state index contributed by atoms with van der Waals surface area (Å²) >= 11 is 12.0. The average Bonchev–Trinajstić information content (AvgIpc) is 2.99. The second kappa shape index (κ2) is 12.1. The largest absolute Gasteiger partial charge is 0.349 e. The van der Waals surface area contributed by atoms with Gasteiger partial charge in [0, 0.05) is 41.8 Å². The highest BCUT2D eigenvalue weighted by atomic mass is 35.5. The number of aromatic nitrogens is 2. The van der Waals surface area contributed by atoms with Gasteiger partial charge in [0.15, 0.2) is 10.9 Å². The van der Waals surface area contributed by atoms with E-state index in [2.05, 4.69) is 54.3 Å². The maximum atomic E-state index is 13.4. The Kier molecular flexibility index (Phi) is 7.98. The molecule has 3 aromatic carbocycles. The summed E-state index contributed by atoms with van der Waals surface area (Å²) in [5.41, 5.74) is 5.74. The Morgan fingerprint density at radius 3 is 2.56 bits per heavy atom. The van der Waals surface area contributed by atoms with E-state index in [1.807, 2.05) is 54.6 Å². The number of nitrogens with one attached hydrogen (secondary N) is 4. The summed E-state index contributed by atoms with van der Waals surface area (Å²) in [5, 5.41) is 14.2. The third-order valence-electron chi connectivity index (χ3n) is 7.41. The fourth-order valence-corrected chi connectivity index (χ4v) is 5.61. The van der Waals surface area contributed by atoms with E-state index in [0.29, 0.717) is 21.9 Å². The Morgan fingerprint density at radius 1 is 0.927 bits per heavy atom. The Hall–Kier alpha value is -4.21. The molecule has 1 saturated heterocycles. The van der Waals surface area contributed by atoms with Crippen molar-refractivity contribution in [2.24, 2.45) is 5.92 Å². The fourth-order valence-electron chi connectivity index (χ4n) is 5.17. The Balaban J connectivity index is 1.16. The number of hydrogen-bond donors (Lipinski definition) is 4. The molecule has 3 heterocycles. The molecule has 8 nitrogen and oxygen atoms in total. The van der Waals surface area contributed by atoms with E-state index < -0.39 is 0 Å². The van der Waals surface area contributed by atoms with Gasteiger partial charge in [0.25, 0.3) is 0 Å². The lowest BCUT2D eigenvalue weighted by Crippen LogP contribution is -2.43. The maximum absolute atomic E-state index is 13.4. The van der Waals surface area contributed by atoms with Crippen LogP contribution in [0.5, 0.6) is 0 Å². The van der Waals surface area contributed by atoms with Crippen molar-refractivity contribution in [3.63, 3.8) is 0 Å². The number of carbonyl (C=O) groups excluding carboxylic acids is 1. The Labute approximate surface area is 249 Å². The first kappa shape index (κ1) is 27.0. The van der Waals surface area contributed by atoms with Gasteiger partial charge in [-0.2, -0.15) is 4.98 Å².